The number of hydrogen-bond donors (Lipinski definition) is 1. The van der Waals surface area contributed by atoms with E-state index in [1.165, 1.54) is 0 Å². The van der Waals surface area contributed by atoms with E-state index < -0.39 is 6.10 Å². The van der Waals surface area contributed by atoms with E-state index in [9.17, 15) is 5.11 Å². The van der Waals surface area contributed by atoms with Gasteiger partial charge in [-0.05, 0) is 38.5 Å². The van der Waals surface area contributed by atoms with Crippen LogP contribution in [0.2, 0.25) is 0 Å². The van der Waals surface area contributed by atoms with Crippen molar-refractivity contribution in [2.24, 2.45) is 0 Å². The zero-order chi connectivity index (χ0) is 15.2. The molecule has 2 atom stereocenters. The number of aliphatic hydroxyl groups excluding tert-OH is 1. The molecule has 1 N–H and O–H groups in total. The molecule has 2 rings (SSSR count). The third kappa shape index (κ3) is 4.09. The largest absolute Gasteiger partial charge is 0.454 e. The van der Waals surface area contributed by atoms with Crippen LogP contribution in [0.5, 0.6) is 11.5 Å². The first-order valence-corrected chi connectivity index (χ1v) is 7.46. The van der Waals surface area contributed by atoms with E-state index in [4.69, 9.17) is 18.9 Å². The molecule has 21 heavy (non-hydrogen) atoms. The van der Waals surface area contributed by atoms with Crippen LogP contribution in [0.15, 0.2) is 18.2 Å². The van der Waals surface area contributed by atoms with Crippen molar-refractivity contribution < 1.29 is 24.1 Å². The molecule has 5 nitrogen and oxygen atoms in total. The van der Waals surface area contributed by atoms with Gasteiger partial charge < -0.3 is 24.1 Å². The van der Waals surface area contributed by atoms with E-state index in [-0.39, 0.29) is 19.0 Å². The van der Waals surface area contributed by atoms with Crippen molar-refractivity contribution in [3.8, 4) is 11.5 Å². The average Bonchev–Trinajstić information content (AvgIpc) is 2.92. The van der Waals surface area contributed by atoms with E-state index in [0.29, 0.717) is 19.6 Å². The molecule has 0 saturated heterocycles. The summed E-state index contributed by atoms with van der Waals surface area (Å²) < 4.78 is 21.9. The zero-order valence-electron chi connectivity index (χ0n) is 12.9. The Bertz CT molecular complexity index is 440. The highest BCUT2D eigenvalue weighted by atomic mass is 16.7. The summed E-state index contributed by atoms with van der Waals surface area (Å²) in [6.07, 6.45) is -0.224. The minimum Gasteiger partial charge on any atom is -0.454 e. The average molecular weight is 296 g/mol. The Morgan fingerprint density at radius 3 is 2.43 bits per heavy atom. The number of benzene rings is 1. The van der Waals surface area contributed by atoms with Gasteiger partial charge in [-0.15, -0.1) is 0 Å². The maximum atomic E-state index is 10.1. The molecule has 1 aromatic rings. The van der Waals surface area contributed by atoms with Gasteiger partial charge in [-0.2, -0.15) is 0 Å². The molecule has 0 spiro atoms. The Hall–Kier alpha value is -1.30. The number of hydrogen-bond acceptors (Lipinski definition) is 5. The van der Waals surface area contributed by atoms with Gasteiger partial charge in [0.1, 0.15) is 0 Å². The van der Waals surface area contributed by atoms with Crippen molar-refractivity contribution in [1.82, 2.24) is 0 Å². The zero-order valence-corrected chi connectivity index (χ0v) is 12.9. The summed E-state index contributed by atoms with van der Waals surface area (Å²) in [6.45, 7) is 7.06. The lowest BCUT2D eigenvalue weighted by Crippen LogP contribution is -2.25. The third-order valence-corrected chi connectivity index (χ3v) is 3.56. The molecule has 118 valence electrons. The molecule has 0 saturated carbocycles. The molecule has 1 aromatic carbocycles. The van der Waals surface area contributed by atoms with Crippen LogP contribution >= 0.6 is 0 Å². The van der Waals surface area contributed by atoms with Crippen molar-refractivity contribution in [2.75, 3.05) is 20.0 Å². The van der Waals surface area contributed by atoms with E-state index in [0.717, 1.165) is 17.1 Å². The van der Waals surface area contributed by atoms with E-state index >= 15 is 0 Å². The summed E-state index contributed by atoms with van der Waals surface area (Å²) in [4.78, 5) is 0. The number of aliphatic hydroxyl groups is 1. The predicted molar refractivity (Wildman–Crippen MR) is 78.6 cm³/mol. The monoisotopic (exact) mass is 296 g/mol. The molecule has 0 aliphatic carbocycles. The van der Waals surface area contributed by atoms with Crippen LogP contribution in [0.3, 0.4) is 0 Å². The van der Waals surface area contributed by atoms with Crippen molar-refractivity contribution >= 4 is 0 Å². The molecule has 0 aromatic heterocycles. The highest BCUT2D eigenvalue weighted by molar-refractivity contribution is 5.45. The first kappa shape index (κ1) is 16.1. The third-order valence-electron chi connectivity index (χ3n) is 3.56. The summed E-state index contributed by atoms with van der Waals surface area (Å²) in [5, 5.41) is 10.1. The highest BCUT2D eigenvalue weighted by Gasteiger charge is 2.25. The molecule has 0 amide bonds. The lowest BCUT2D eigenvalue weighted by atomic mass is 9.90. The number of ether oxygens (including phenoxy) is 4. The second-order valence-electron chi connectivity index (χ2n) is 5.04. The number of rotatable bonds is 8. The second-order valence-corrected chi connectivity index (χ2v) is 5.04. The van der Waals surface area contributed by atoms with Gasteiger partial charge in [-0.3, -0.25) is 0 Å². The quantitative estimate of drug-likeness (QED) is 0.747. The Morgan fingerprint density at radius 1 is 1.14 bits per heavy atom. The Kier molecular flexibility index (Phi) is 5.85. The van der Waals surface area contributed by atoms with Gasteiger partial charge in [0.2, 0.25) is 6.79 Å². The summed E-state index contributed by atoms with van der Waals surface area (Å²) in [7, 11) is 0. The van der Waals surface area contributed by atoms with Crippen LogP contribution in [0.25, 0.3) is 0 Å². The molecular formula is C16H24O5. The van der Waals surface area contributed by atoms with Gasteiger partial charge in [0.15, 0.2) is 17.8 Å². The molecule has 0 radical (unpaired) electrons. The molecule has 1 heterocycles. The van der Waals surface area contributed by atoms with E-state index in [1.54, 1.807) is 6.92 Å². The normalized spacial score (nSPS) is 16.2. The topological polar surface area (TPSA) is 57.2 Å². The molecule has 5 heteroatoms. The smallest absolute Gasteiger partial charge is 0.231 e. The van der Waals surface area contributed by atoms with E-state index in [2.05, 4.69) is 0 Å². The van der Waals surface area contributed by atoms with Crippen LogP contribution in [-0.2, 0) is 9.47 Å². The molecule has 1 aliphatic heterocycles. The van der Waals surface area contributed by atoms with Crippen LogP contribution in [0, 0.1) is 0 Å². The Balaban J connectivity index is 2.14. The van der Waals surface area contributed by atoms with Gasteiger partial charge in [0.05, 0.1) is 6.10 Å². The second kappa shape index (κ2) is 7.64. The first-order chi connectivity index (χ1) is 10.2. The summed E-state index contributed by atoms with van der Waals surface area (Å²) in [5.74, 6) is 1.39. The molecule has 0 bridgehead atoms. The Morgan fingerprint density at radius 2 is 1.81 bits per heavy atom. The number of fused-ring (bicyclic) bond motifs is 1. The van der Waals surface area contributed by atoms with Gasteiger partial charge in [-0.1, -0.05) is 6.07 Å². The van der Waals surface area contributed by atoms with Crippen LogP contribution in [0.1, 0.15) is 38.7 Å². The van der Waals surface area contributed by atoms with Crippen molar-refractivity contribution in [1.29, 1.82) is 0 Å². The maximum Gasteiger partial charge on any atom is 0.231 e. The summed E-state index contributed by atoms with van der Waals surface area (Å²) in [6, 6.07) is 5.76. The van der Waals surface area contributed by atoms with Crippen molar-refractivity contribution in [3.05, 3.63) is 23.8 Å². The fourth-order valence-electron chi connectivity index (χ4n) is 2.52. The van der Waals surface area contributed by atoms with Crippen LogP contribution in [0.4, 0.5) is 0 Å². The minimum atomic E-state index is -0.506. The van der Waals surface area contributed by atoms with Gasteiger partial charge in [0, 0.05) is 25.6 Å². The maximum absolute atomic E-state index is 10.1. The molecular weight excluding hydrogens is 272 g/mol. The first-order valence-electron chi connectivity index (χ1n) is 7.46. The molecule has 0 fully saturated rings. The highest BCUT2D eigenvalue weighted by Crippen LogP contribution is 2.37. The van der Waals surface area contributed by atoms with Gasteiger partial charge in [0.25, 0.3) is 0 Å². The summed E-state index contributed by atoms with van der Waals surface area (Å²) in [5.41, 5.74) is 0.999. The SMILES string of the molecule is CCOC(C[C@@H](c1ccc2c(c1)OCO2)[C@@H](C)O)OCC. The molecule has 1 aliphatic rings. The lowest BCUT2D eigenvalue weighted by Gasteiger charge is -2.26. The van der Waals surface area contributed by atoms with Gasteiger partial charge in [-0.25, -0.2) is 0 Å². The van der Waals surface area contributed by atoms with Crippen molar-refractivity contribution in [2.45, 2.75) is 45.5 Å². The van der Waals surface area contributed by atoms with Crippen LogP contribution in [-0.4, -0.2) is 37.5 Å². The fourth-order valence-corrected chi connectivity index (χ4v) is 2.52. The molecule has 0 unspecified atom stereocenters. The van der Waals surface area contributed by atoms with Gasteiger partial charge >= 0.3 is 0 Å². The fraction of sp³-hybridized carbons (Fsp3) is 0.625. The summed E-state index contributed by atoms with van der Waals surface area (Å²) >= 11 is 0. The standard InChI is InChI=1S/C16H24O5/c1-4-18-16(19-5-2)9-13(11(3)17)12-6-7-14-15(8-12)21-10-20-14/h6-8,11,13,16-17H,4-5,9-10H2,1-3H3/t11-,13-/m1/s1. The lowest BCUT2D eigenvalue weighted by molar-refractivity contribution is -0.145. The van der Waals surface area contributed by atoms with Crippen molar-refractivity contribution in [3.63, 3.8) is 0 Å². The predicted octanol–water partition coefficient (Wildman–Crippen LogP) is 2.67. The minimum absolute atomic E-state index is 0.0809. The van der Waals surface area contributed by atoms with E-state index in [1.807, 2.05) is 32.0 Å². The van der Waals surface area contributed by atoms with Crippen LogP contribution < -0.4 is 9.47 Å². The Labute approximate surface area is 125 Å².